The first-order valence-corrected chi connectivity index (χ1v) is 7.63. The van der Waals surface area contributed by atoms with E-state index in [1.807, 2.05) is 4.90 Å². The van der Waals surface area contributed by atoms with E-state index in [-0.39, 0.29) is 12.3 Å². The van der Waals surface area contributed by atoms with Gasteiger partial charge < -0.3 is 10.0 Å². The first kappa shape index (κ1) is 15.6. The molecule has 1 saturated heterocycles. The molecule has 0 saturated carbocycles. The number of aliphatic hydroxyl groups excluding tert-OH is 1. The van der Waals surface area contributed by atoms with Crippen LogP contribution in [0.2, 0.25) is 10.0 Å². The zero-order valence-corrected chi connectivity index (χ0v) is 13.0. The average Bonchev–Trinajstić information content (AvgIpc) is 2.38. The smallest absolute Gasteiger partial charge is 0.225 e. The lowest BCUT2D eigenvalue weighted by Gasteiger charge is -2.31. The molecule has 2 rings (SSSR count). The minimum atomic E-state index is -0.863. The molecule has 110 valence electrons. The van der Waals surface area contributed by atoms with Crippen LogP contribution in [0.3, 0.4) is 0 Å². The number of halogens is 2. The summed E-state index contributed by atoms with van der Waals surface area (Å²) in [5, 5.41) is 11.1. The normalized spacial score (nSPS) is 18.1. The van der Waals surface area contributed by atoms with Crippen LogP contribution in [0.1, 0.15) is 37.9 Å². The second-order valence-corrected chi connectivity index (χ2v) is 6.36. The van der Waals surface area contributed by atoms with E-state index in [1.165, 1.54) is 0 Å². The highest BCUT2D eigenvalue weighted by Gasteiger charge is 2.23. The van der Waals surface area contributed by atoms with E-state index in [1.54, 1.807) is 18.2 Å². The highest BCUT2D eigenvalue weighted by molar-refractivity contribution is 6.34. The Hall–Kier alpha value is -0.770. The maximum Gasteiger partial charge on any atom is 0.225 e. The predicted molar refractivity (Wildman–Crippen MR) is 81.0 cm³/mol. The lowest BCUT2D eigenvalue weighted by Crippen LogP contribution is -2.38. The van der Waals surface area contributed by atoms with Crippen molar-refractivity contribution in [3.63, 3.8) is 0 Å². The van der Waals surface area contributed by atoms with Gasteiger partial charge in [0.15, 0.2) is 0 Å². The van der Waals surface area contributed by atoms with Gasteiger partial charge in [-0.2, -0.15) is 0 Å². The zero-order chi connectivity index (χ0) is 14.7. The van der Waals surface area contributed by atoms with Crippen LogP contribution in [0.25, 0.3) is 0 Å². The van der Waals surface area contributed by atoms with Gasteiger partial charge in [-0.15, -0.1) is 0 Å². The summed E-state index contributed by atoms with van der Waals surface area (Å²) in [6.07, 6.45) is 1.28. The van der Waals surface area contributed by atoms with Crippen LogP contribution in [-0.4, -0.2) is 29.0 Å². The Kier molecular flexibility index (Phi) is 5.30. The molecular formula is C15H19Cl2NO2. The molecule has 3 nitrogen and oxygen atoms in total. The van der Waals surface area contributed by atoms with Crippen molar-refractivity contribution in [2.45, 2.75) is 32.3 Å². The summed E-state index contributed by atoms with van der Waals surface area (Å²) in [6.45, 7) is 3.76. The summed E-state index contributed by atoms with van der Waals surface area (Å²) < 4.78 is 0. The van der Waals surface area contributed by atoms with Crippen molar-refractivity contribution in [3.05, 3.63) is 33.8 Å². The summed E-state index contributed by atoms with van der Waals surface area (Å²) >= 11 is 11.8. The molecule has 1 atom stereocenters. The first-order chi connectivity index (χ1) is 9.45. The summed E-state index contributed by atoms with van der Waals surface area (Å²) in [7, 11) is 0. The number of rotatable bonds is 3. The highest BCUT2D eigenvalue weighted by atomic mass is 35.5. The summed E-state index contributed by atoms with van der Waals surface area (Å²) in [4.78, 5) is 14.0. The van der Waals surface area contributed by atoms with E-state index in [0.29, 0.717) is 21.5 Å². The topological polar surface area (TPSA) is 40.5 Å². The Balaban J connectivity index is 1.96. The largest absolute Gasteiger partial charge is 0.388 e. The van der Waals surface area contributed by atoms with Gasteiger partial charge >= 0.3 is 0 Å². The molecule has 1 heterocycles. The number of carbonyl (C=O) groups excluding carboxylic acids is 1. The zero-order valence-electron chi connectivity index (χ0n) is 11.5. The fraction of sp³-hybridized carbons (Fsp3) is 0.533. The maximum atomic E-state index is 12.2. The van der Waals surface area contributed by atoms with Gasteiger partial charge in [0.25, 0.3) is 0 Å². The van der Waals surface area contributed by atoms with Gasteiger partial charge in [-0.25, -0.2) is 0 Å². The van der Waals surface area contributed by atoms with Crippen molar-refractivity contribution in [2.75, 3.05) is 13.1 Å². The van der Waals surface area contributed by atoms with E-state index < -0.39 is 6.10 Å². The van der Waals surface area contributed by atoms with Crippen LogP contribution in [-0.2, 0) is 4.79 Å². The lowest BCUT2D eigenvalue weighted by atomic mass is 9.98. The third kappa shape index (κ3) is 4.11. The monoisotopic (exact) mass is 315 g/mol. The number of carbonyl (C=O) groups is 1. The SMILES string of the molecule is CC1CCN(C(=O)CC(O)c2cc(Cl)cc(Cl)c2)CC1. The minimum Gasteiger partial charge on any atom is -0.388 e. The number of piperidine rings is 1. The van der Waals surface area contributed by atoms with Gasteiger partial charge in [0.05, 0.1) is 12.5 Å². The number of likely N-dealkylation sites (tertiary alicyclic amines) is 1. The van der Waals surface area contributed by atoms with E-state index in [0.717, 1.165) is 25.9 Å². The molecule has 0 aliphatic carbocycles. The third-order valence-corrected chi connectivity index (χ3v) is 4.21. The second kappa shape index (κ2) is 6.79. The summed E-state index contributed by atoms with van der Waals surface area (Å²) in [6, 6.07) is 4.89. The second-order valence-electron chi connectivity index (χ2n) is 5.49. The number of aliphatic hydroxyl groups is 1. The van der Waals surface area contributed by atoms with Gasteiger partial charge in [0, 0.05) is 23.1 Å². The number of benzene rings is 1. The molecule has 0 spiro atoms. The molecule has 1 N–H and O–H groups in total. The number of hydrogen-bond donors (Lipinski definition) is 1. The molecule has 1 aliphatic rings. The van der Waals surface area contributed by atoms with E-state index in [4.69, 9.17) is 23.2 Å². The molecule has 20 heavy (non-hydrogen) atoms. The Morgan fingerprint density at radius 3 is 2.40 bits per heavy atom. The fourth-order valence-corrected chi connectivity index (χ4v) is 2.98. The molecule has 1 aromatic rings. The quantitative estimate of drug-likeness (QED) is 0.924. The lowest BCUT2D eigenvalue weighted by molar-refractivity contribution is -0.134. The molecule has 1 fully saturated rings. The Morgan fingerprint density at radius 2 is 1.85 bits per heavy atom. The van der Waals surface area contributed by atoms with Crippen molar-refractivity contribution >= 4 is 29.1 Å². The van der Waals surface area contributed by atoms with Crippen molar-refractivity contribution in [1.82, 2.24) is 4.90 Å². The molecule has 1 aliphatic heterocycles. The molecular weight excluding hydrogens is 297 g/mol. The molecule has 1 aromatic carbocycles. The van der Waals surface area contributed by atoms with Crippen LogP contribution in [0.15, 0.2) is 18.2 Å². The molecule has 0 aromatic heterocycles. The Morgan fingerprint density at radius 1 is 1.30 bits per heavy atom. The molecule has 5 heteroatoms. The van der Waals surface area contributed by atoms with E-state index in [9.17, 15) is 9.90 Å². The van der Waals surface area contributed by atoms with E-state index >= 15 is 0 Å². The number of hydrogen-bond acceptors (Lipinski definition) is 2. The third-order valence-electron chi connectivity index (χ3n) is 3.77. The van der Waals surface area contributed by atoms with Crippen LogP contribution in [0.4, 0.5) is 0 Å². The molecule has 1 unspecified atom stereocenters. The van der Waals surface area contributed by atoms with E-state index in [2.05, 4.69) is 6.92 Å². The molecule has 1 amide bonds. The van der Waals surface area contributed by atoms with Crippen molar-refractivity contribution < 1.29 is 9.90 Å². The fourth-order valence-electron chi connectivity index (χ4n) is 2.44. The van der Waals surface area contributed by atoms with Crippen LogP contribution in [0.5, 0.6) is 0 Å². The molecule has 0 bridgehead atoms. The number of amides is 1. The highest BCUT2D eigenvalue weighted by Crippen LogP contribution is 2.26. The standard InChI is InChI=1S/C15H19Cl2NO2/c1-10-2-4-18(5-3-10)15(20)9-14(19)11-6-12(16)8-13(17)7-11/h6-8,10,14,19H,2-5,9H2,1H3. The van der Waals surface area contributed by atoms with Gasteiger partial charge in [-0.1, -0.05) is 30.1 Å². The van der Waals surface area contributed by atoms with Gasteiger partial charge in [0.1, 0.15) is 0 Å². The summed E-state index contributed by atoms with van der Waals surface area (Å²) in [5.74, 6) is 0.663. The average molecular weight is 316 g/mol. The predicted octanol–water partition coefficient (Wildman–Crippen LogP) is 3.68. The van der Waals surface area contributed by atoms with Gasteiger partial charge in [0.2, 0.25) is 5.91 Å². The van der Waals surface area contributed by atoms with Crippen LogP contribution < -0.4 is 0 Å². The Labute approximate surface area is 129 Å². The molecule has 0 radical (unpaired) electrons. The Bertz CT molecular complexity index is 465. The summed E-state index contributed by atoms with van der Waals surface area (Å²) in [5.41, 5.74) is 0.584. The van der Waals surface area contributed by atoms with Gasteiger partial charge in [-0.3, -0.25) is 4.79 Å². The first-order valence-electron chi connectivity index (χ1n) is 6.87. The van der Waals surface area contributed by atoms with Crippen molar-refractivity contribution in [3.8, 4) is 0 Å². The van der Waals surface area contributed by atoms with Crippen LogP contribution >= 0.6 is 23.2 Å². The van der Waals surface area contributed by atoms with Gasteiger partial charge in [-0.05, 0) is 42.5 Å². The van der Waals surface area contributed by atoms with Crippen molar-refractivity contribution in [1.29, 1.82) is 0 Å². The number of nitrogens with zero attached hydrogens (tertiary/aromatic N) is 1. The minimum absolute atomic E-state index is 0.0134. The van der Waals surface area contributed by atoms with Crippen LogP contribution in [0, 0.1) is 5.92 Å². The maximum absolute atomic E-state index is 12.2. The van der Waals surface area contributed by atoms with Crippen molar-refractivity contribution in [2.24, 2.45) is 5.92 Å².